The van der Waals surface area contributed by atoms with Crippen molar-refractivity contribution in [2.75, 3.05) is 0 Å². The minimum absolute atomic E-state index is 0.192. The number of amides is 1. The second kappa shape index (κ2) is 6.59. The third-order valence-electron chi connectivity index (χ3n) is 3.78. The van der Waals surface area contributed by atoms with E-state index in [-0.39, 0.29) is 24.1 Å². The molecule has 110 valence electrons. The minimum Gasteiger partial charge on any atom is -0.481 e. The fourth-order valence-electron chi connectivity index (χ4n) is 2.75. The van der Waals surface area contributed by atoms with Crippen LogP contribution in [0.15, 0.2) is 10.7 Å². The largest absolute Gasteiger partial charge is 0.481 e. The number of furan rings is 1. The Morgan fingerprint density at radius 1 is 1.30 bits per heavy atom. The smallest absolute Gasteiger partial charge is 0.311 e. The maximum Gasteiger partial charge on any atom is 0.311 e. The fourth-order valence-corrected chi connectivity index (χ4v) is 2.75. The molecule has 0 unspecified atom stereocenters. The van der Waals surface area contributed by atoms with Gasteiger partial charge in [-0.15, -0.1) is 0 Å². The van der Waals surface area contributed by atoms with Gasteiger partial charge in [0, 0.05) is 11.6 Å². The first-order chi connectivity index (χ1) is 9.58. The lowest BCUT2D eigenvalue weighted by molar-refractivity contribution is -0.136. The second-order valence-corrected chi connectivity index (χ2v) is 5.45. The van der Waals surface area contributed by atoms with Crippen LogP contribution in [0.2, 0.25) is 0 Å². The number of hydrogen-bond acceptors (Lipinski definition) is 3. The summed E-state index contributed by atoms with van der Waals surface area (Å²) in [5.74, 6) is -0.969. The average molecular weight is 279 g/mol. The third kappa shape index (κ3) is 3.62. The lowest BCUT2D eigenvalue weighted by Crippen LogP contribution is -2.35. The molecule has 1 fully saturated rings. The monoisotopic (exact) mass is 279 g/mol. The molecule has 0 bridgehead atoms. The number of aryl methyl sites for hydroxylation is 1. The number of carbonyl (C=O) groups is 2. The zero-order valence-electron chi connectivity index (χ0n) is 11.8. The van der Waals surface area contributed by atoms with Crippen LogP contribution in [0.1, 0.15) is 60.2 Å². The maximum atomic E-state index is 12.3. The molecule has 0 radical (unpaired) electrons. The lowest BCUT2D eigenvalue weighted by atomic mass is 10.1. The van der Waals surface area contributed by atoms with Crippen molar-refractivity contribution in [1.29, 1.82) is 0 Å². The Balaban J connectivity index is 2.07. The first-order valence-corrected chi connectivity index (χ1v) is 7.17. The molecule has 20 heavy (non-hydrogen) atoms. The van der Waals surface area contributed by atoms with Gasteiger partial charge in [-0.25, -0.2) is 0 Å². The summed E-state index contributed by atoms with van der Waals surface area (Å²) in [5, 5.41) is 11.9. The fraction of sp³-hybridized carbons (Fsp3) is 0.600. The lowest BCUT2D eigenvalue weighted by Gasteiger charge is -2.16. The van der Waals surface area contributed by atoms with E-state index < -0.39 is 5.97 Å². The summed E-state index contributed by atoms with van der Waals surface area (Å²) in [4.78, 5) is 23.1. The van der Waals surface area contributed by atoms with Crippen molar-refractivity contribution in [3.8, 4) is 0 Å². The Morgan fingerprint density at radius 2 is 1.95 bits per heavy atom. The van der Waals surface area contributed by atoms with E-state index in [1.165, 1.54) is 19.1 Å². The summed E-state index contributed by atoms with van der Waals surface area (Å²) in [5.41, 5.74) is 1.07. The van der Waals surface area contributed by atoms with E-state index >= 15 is 0 Å². The highest BCUT2D eigenvalue weighted by Crippen LogP contribution is 2.20. The molecule has 1 heterocycles. The van der Waals surface area contributed by atoms with Crippen molar-refractivity contribution >= 4 is 11.9 Å². The molecule has 0 atom stereocenters. The number of carboxylic acid groups (broad SMARTS) is 1. The summed E-state index contributed by atoms with van der Waals surface area (Å²) < 4.78 is 5.20. The van der Waals surface area contributed by atoms with Gasteiger partial charge in [0.1, 0.15) is 12.2 Å². The van der Waals surface area contributed by atoms with E-state index in [0.29, 0.717) is 11.1 Å². The van der Waals surface area contributed by atoms with Crippen molar-refractivity contribution in [3.63, 3.8) is 0 Å². The Kier molecular flexibility index (Phi) is 4.82. The van der Waals surface area contributed by atoms with Crippen molar-refractivity contribution in [2.24, 2.45) is 0 Å². The molecule has 1 aliphatic carbocycles. The third-order valence-corrected chi connectivity index (χ3v) is 3.78. The molecular weight excluding hydrogens is 258 g/mol. The number of carboxylic acids is 1. The topological polar surface area (TPSA) is 79.5 Å². The molecule has 0 aromatic carbocycles. The molecule has 5 nitrogen and oxygen atoms in total. The van der Waals surface area contributed by atoms with Gasteiger partial charge in [0.05, 0.1) is 11.8 Å². The molecule has 2 N–H and O–H groups in total. The Hall–Kier alpha value is -1.78. The SMILES string of the molecule is Cc1coc(CC(=O)O)c1C(=O)NC1CCCCCC1. The van der Waals surface area contributed by atoms with Gasteiger partial charge in [0.25, 0.3) is 5.91 Å². The molecule has 1 aliphatic rings. The normalized spacial score (nSPS) is 16.6. The number of rotatable bonds is 4. The van der Waals surface area contributed by atoms with E-state index in [4.69, 9.17) is 9.52 Å². The zero-order chi connectivity index (χ0) is 14.5. The first kappa shape index (κ1) is 14.6. The molecule has 5 heteroatoms. The van der Waals surface area contributed by atoms with Crippen LogP contribution in [0.5, 0.6) is 0 Å². The molecule has 1 amide bonds. The molecule has 0 aliphatic heterocycles. The van der Waals surface area contributed by atoms with Crippen LogP contribution in [-0.4, -0.2) is 23.0 Å². The summed E-state index contributed by atoms with van der Waals surface area (Å²) in [6.45, 7) is 1.76. The predicted octanol–water partition coefficient (Wildman–Crippen LogP) is 2.67. The summed E-state index contributed by atoms with van der Waals surface area (Å²) >= 11 is 0. The maximum absolute atomic E-state index is 12.3. The van der Waals surface area contributed by atoms with Crippen LogP contribution < -0.4 is 5.32 Å². The summed E-state index contributed by atoms with van der Waals surface area (Å²) in [6.07, 6.45) is 7.90. The van der Waals surface area contributed by atoms with Crippen molar-refractivity contribution in [3.05, 3.63) is 23.2 Å². The molecule has 0 saturated heterocycles. The Morgan fingerprint density at radius 3 is 2.55 bits per heavy atom. The van der Waals surface area contributed by atoms with Crippen LogP contribution in [0, 0.1) is 6.92 Å². The quantitative estimate of drug-likeness (QED) is 0.830. The van der Waals surface area contributed by atoms with E-state index in [0.717, 1.165) is 25.7 Å². The molecule has 0 spiro atoms. The van der Waals surface area contributed by atoms with Crippen molar-refractivity contribution in [1.82, 2.24) is 5.32 Å². The van der Waals surface area contributed by atoms with E-state index in [9.17, 15) is 9.59 Å². The van der Waals surface area contributed by atoms with Gasteiger partial charge in [-0.1, -0.05) is 25.7 Å². The first-order valence-electron chi connectivity index (χ1n) is 7.17. The molecule has 1 aromatic rings. The van der Waals surface area contributed by atoms with Crippen LogP contribution >= 0.6 is 0 Å². The molecule has 1 aromatic heterocycles. The van der Waals surface area contributed by atoms with Gasteiger partial charge in [-0.3, -0.25) is 9.59 Å². The predicted molar refractivity (Wildman–Crippen MR) is 73.7 cm³/mol. The van der Waals surface area contributed by atoms with Gasteiger partial charge < -0.3 is 14.8 Å². The van der Waals surface area contributed by atoms with Crippen LogP contribution in [0.3, 0.4) is 0 Å². The van der Waals surface area contributed by atoms with Crippen molar-refractivity contribution < 1.29 is 19.1 Å². The van der Waals surface area contributed by atoms with Gasteiger partial charge in [0.15, 0.2) is 0 Å². The number of aliphatic carboxylic acids is 1. The van der Waals surface area contributed by atoms with E-state index in [1.54, 1.807) is 6.92 Å². The van der Waals surface area contributed by atoms with E-state index in [2.05, 4.69) is 5.32 Å². The number of carbonyl (C=O) groups excluding carboxylic acids is 1. The number of nitrogens with one attached hydrogen (secondary N) is 1. The van der Waals surface area contributed by atoms with Gasteiger partial charge in [-0.05, 0) is 19.8 Å². The number of hydrogen-bond donors (Lipinski definition) is 2. The van der Waals surface area contributed by atoms with Gasteiger partial charge >= 0.3 is 5.97 Å². The molecule has 1 saturated carbocycles. The Bertz CT molecular complexity index is 484. The Labute approximate surface area is 118 Å². The van der Waals surface area contributed by atoms with Crippen LogP contribution in [0.25, 0.3) is 0 Å². The van der Waals surface area contributed by atoms with E-state index in [1.807, 2.05) is 0 Å². The van der Waals surface area contributed by atoms with Gasteiger partial charge in [-0.2, -0.15) is 0 Å². The van der Waals surface area contributed by atoms with Crippen LogP contribution in [0.4, 0.5) is 0 Å². The minimum atomic E-state index is -0.997. The standard InChI is InChI=1S/C15H21NO4/c1-10-9-20-12(8-13(17)18)14(10)15(19)16-11-6-4-2-3-5-7-11/h9,11H,2-8H2,1H3,(H,16,19)(H,17,18). The van der Waals surface area contributed by atoms with Crippen LogP contribution in [-0.2, 0) is 11.2 Å². The van der Waals surface area contributed by atoms with Gasteiger partial charge in [0.2, 0.25) is 0 Å². The zero-order valence-corrected chi connectivity index (χ0v) is 11.8. The summed E-state index contributed by atoms with van der Waals surface area (Å²) in [6, 6.07) is 0.192. The summed E-state index contributed by atoms with van der Waals surface area (Å²) in [7, 11) is 0. The average Bonchev–Trinajstić information content (AvgIpc) is 2.60. The molecule has 2 rings (SSSR count). The highest BCUT2D eigenvalue weighted by molar-refractivity contribution is 5.97. The highest BCUT2D eigenvalue weighted by atomic mass is 16.4. The second-order valence-electron chi connectivity index (χ2n) is 5.45. The van der Waals surface area contributed by atoms with Crippen molar-refractivity contribution in [2.45, 2.75) is 57.9 Å². The highest BCUT2D eigenvalue weighted by Gasteiger charge is 2.23. The molecular formula is C15H21NO4.